The van der Waals surface area contributed by atoms with Gasteiger partial charge in [-0.2, -0.15) is 9.78 Å². The van der Waals surface area contributed by atoms with Crippen LogP contribution in [-0.4, -0.2) is 40.5 Å². The maximum Gasteiger partial charge on any atom is 0.435 e. The summed E-state index contributed by atoms with van der Waals surface area (Å²) in [6.07, 6.45) is -0.686. The Kier molecular flexibility index (Phi) is 4.80. The van der Waals surface area contributed by atoms with Crippen LogP contribution in [0.3, 0.4) is 0 Å². The highest BCUT2D eigenvalue weighted by atomic mass is 16.6. The molecule has 0 spiro atoms. The second-order valence-corrected chi connectivity index (χ2v) is 7.64. The third-order valence-electron chi connectivity index (χ3n) is 4.10. The van der Waals surface area contributed by atoms with E-state index in [0.29, 0.717) is 16.6 Å². The molecule has 146 valence electrons. The maximum atomic E-state index is 12.6. The fourth-order valence-corrected chi connectivity index (χ4v) is 2.79. The SMILES string of the molecule is CN(C)c1ccc(-c2nn(C(=O)OC(C)(C)C)c3cc([N+](=O)[O-])ccc23)cc1. The summed E-state index contributed by atoms with van der Waals surface area (Å²) < 4.78 is 6.50. The number of ether oxygens (including phenoxy) is 1. The van der Waals surface area contributed by atoms with Crippen LogP contribution in [-0.2, 0) is 4.74 Å². The van der Waals surface area contributed by atoms with Gasteiger partial charge in [-0.1, -0.05) is 12.1 Å². The van der Waals surface area contributed by atoms with Crippen LogP contribution in [0.15, 0.2) is 42.5 Å². The summed E-state index contributed by atoms with van der Waals surface area (Å²) in [5.41, 5.74) is 1.87. The Bertz CT molecular complexity index is 1050. The average molecular weight is 382 g/mol. The van der Waals surface area contributed by atoms with Crippen LogP contribution in [0.5, 0.6) is 0 Å². The number of anilines is 1. The molecule has 0 fully saturated rings. The Balaban J connectivity index is 2.18. The molecule has 0 aliphatic rings. The van der Waals surface area contributed by atoms with Crippen molar-refractivity contribution in [2.75, 3.05) is 19.0 Å². The van der Waals surface area contributed by atoms with E-state index >= 15 is 0 Å². The Hall–Kier alpha value is -3.42. The summed E-state index contributed by atoms with van der Waals surface area (Å²) in [6.45, 7) is 5.25. The molecule has 0 amide bonds. The van der Waals surface area contributed by atoms with Gasteiger partial charge in [0.25, 0.3) is 5.69 Å². The van der Waals surface area contributed by atoms with E-state index in [2.05, 4.69) is 5.10 Å². The van der Waals surface area contributed by atoms with Gasteiger partial charge in [-0.3, -0.25) is 10.1 Å². The Morgan fingerprint density at radius 3 is 2.32 bits per heavy atom. The number of nitro groups is 1. The molecule has 0 saturated heterocycles. The number of hydrogen-bond acceptors (Lipinski definition) is 6. The van der Waals surface area contributed by atoms with Crippen LogP contribution in [0, 0.1) is 10.1 Å². The molecule has 8 nitrogen and oxygen atoms in total. The minimum Gasteiger partial charge on any atom is -0.442 e. The quantitative estimate of drug-likeness (QED) is 0.491. The largest absolute Gasteiger partial charge is 0.442 e. The number of fused-ring (bicyclic) bond motifs is 1. The van der Waals surface area contributed by atoms with Gasteiger partial charge in [-0.25, -0.2) is 4.79 Å². The summed E-state index contributed by atoms with van der Waals surface area (Å²) in [7, 11) is 3.89. The van der Waals surface area contributed by atoms with Gasteiger partial charge < -0.3 is 9.64 Å². The lowest BCUT2D eigenvalue weighted by Crippen LogP contribution is -2.27. The molecule has 3 rings (SSSR count). The number of nitrogens with zero attached hydrogens (tertiary/aromatic N) is 4. The van der Waals surface area contributed by atoms with Crippen molar-refractivity contribution in [3.8, 4) is 11.3 Å². The lowest BCUT2D eigenvalue weighted by Gasteiger charge is -2.19. The molecular formula is C20H22N4O4. The van der Waals surface area contributed by atoms with Crippen LogP contribution in [0.1, 0.15) is 20.8 Å². The van der Waals surface area contributed by atoms with Crippen LogP contribution in [0.2, 0.25) is 0 Å². The summed E-state index contributed by atoms with van der Waals surface area (Å²) in [6, 6.07) is 12.0. The van der Waals surface area contributed by atoms with E-state index in [9.17, 15) is 14.9 Å². The number of carbonyl (C=O) groups is 1. The highest BCUT2D eigenvalue weighted by molar-refractivity contribution is 5.98. The fraction of sp³-hybridized carbons (Fsp3) is 0.300. The predicted octanol–water partition coefficient (Wildman–Crippen LogP) is 4.46. The van der Waals surface area contributed by atoms with Gasteiger partial charge >= 0.3 is 6.09 Å². The highest BCUT2D eigenvalue weighted by Gasteiger charge is 2.24. The zero-order chi connectivity index (χ0) is 20.6. The number of non-ortho nitro benzene ring substituents is 1. The molecule has 0 bridgehead atoms. The molecule has 0 atom stereocenters. The van der Waals surface area contributed by atoms with Crippen molar-refractivity contribution in [2.45, 2.75) is 26.4 Å². The van der Waals surface area contributed by atoms with E-state index in [1.807, 2.05) is 43.3 Å². The monoisotopic (exact) mass is 382 g/mol. The second kappa shape index (κ2) is 6.95. The van der Waals surface area contributed by atoms with Gasteiger partial charge in [0, 0.05) is 42.9 Å². The summed E-state index contributed by atoms with van der Waals surface area (Å²) in [5.74, 6) is 0. The van der Waals surface area contributed by atoms with E-state index in [-0.39, 0.29) is 5.69 Å². The van der Waals surface area contributed by atoms with Gasteiger partial charge in [0.1, 0.15) is 11.3 Å². The van der Waals surface area contributed by atoms with E-state index in [1.165, 1.54) is 12.1 Å². The standard InChI is InChI=1S/C20H22N4O4/c1-20(2,3)28-19(25)23-17-12-15(24(26)27)10-11-16(17)18(21-23)13-6-8-14(9-7-13)22(4)5/h6-12H,1-5H3. The van der Waals surface area contributed by atoms with Crippen molar-refractivity contribution < 1.29 is 14.5 Å². The van der Waals surface area contributed by atoms with Gasteiger partial charge in [-0.05, 0) is 39.0 Å². The smallest absolute Gasteiger partial charge is 0.435 e. The molecular weight excluding hydrogens is 360 g/mol. The van der Waals surface area contributed by atoms with Gasteiger partial charge in [0.2, 0.25) is 0 Å². The predicted molar refractivity (Wildman–Crippen MR) is 108 cm³/mol. The van der Waals surface area contributed by atoms with Crippen LogP contribution < -0.4 is 4.90 Å². The van der Waals surface area contributed by atoms with Gasteiger partial charge in [0.05, 0.1) is 10.4 Å². The Morgan fingerprint density at radius 2 is 1.79 bits per heavy atom. The first-order valence-corrected chi connectivity index (χ1v) is 8.75. The highest BCUT2D eigenvalue weighted by Crippen LogP contribution is 2.32. The Labute approximate surface area is 162 Å². The molecule has 0 aliphatic heterocycles. The first-order chi connectivity index (χ1) is 13.1. The molecule has 2 aromatic carbocycles. The zero-order valence-electron chi connectivity index (χ0n) is 16.5. The molecule has 28 heavy (non-hydrogen) atoms. The van der Waals surface area contributed by atoms with Gasteiger partial charge in [0.15, 0.2) is 0 Å². The van der Waals surface area contributed by atoms with Crippen molar-refractivity contribution in [3.63, 3.8) is 0 Å². The second-order valence-electron chi connectivity index (χ2n) is 7.64. The summed E-state index contributed by atoms with van der Waals surface area (Å²) in [5, 5.41) is 16.2. The normalized spacial score (nSPS) is 11.5. The molecule has 0 unspecified atom stereocenters. The van der Waals surface area contributed by atoms with E-state index in [1.54, 1.807) is 26.8 Å². The lowest BCUT2D eigenvalue weighted by atomic mass is 10.1. The van der Waals surface area contributed by atoms with Crippen molar-refractivity contribution in [1.29, 1.82) is 0 Å². The van der Waals surface area contributed by atoms with Crippen molar-refractivity contribution in [1.82, 2.24) is 9.78 Å². The van der Waals surface area contributed by atoms with E-state index in [4.69, 9.17) is 4.74 Å². The molecule has 1 aromatic heterocycles. The number of nitro benzene ring substituents is 1. The van der Waals surface area contributed by atoms with Crippen molar-refractivity contribution in [3.05, 3.63) is 52.6 Å². The third kappa shape index (κ3) is 3.80. The first kappa shape index (κ1) is 19.3. The molecule has 0 aliphatic carbocycles. The molecule has 1 heterocycles. The molecule has 0 radical (unpaired) electrons. The van der Waals surface area contributed by atoms with Crippen LogP contribution >= 0.6 is 0 Å². The molecule has 0 saturated carbocycles. The Morgan fingerprint density at radius 1 is 1.14 bits per heavy atom. The van der Waals surface area contributed by atoms with Crippen LogP contribution in [0.25, 0.3) is 22.2 Å². The molecule has 8 heteroatoms. The number of benzene rings is 2. The zero-order valence-corrected chi connectivity index (χ0v) is 16.5. The van der Waals surface area contributed by atoms with Crippen molar-refractivity contribution >= 4 is 28.4 Å². The minimum atomic E-state index is -0.719. The topological polar surface area (TPSA) is 90.5 Å². The van der Waals surface area contributed by atoms with E-state index < -0.39 is 16.6 Å². The van der Waals surface area contributed by atoms with E-state index in [0.717, 1.165) is 15.9 Å². The summed E-state index contributed by atoms with van der Waals surface area (Å²) >= 11 is 0. The maximum absolute atomic E-state index is 12.6. The summed E-state index contributed by atoms with van der Waals surface area (Å²) in [4.78, 5) is 25.3. The number of hydrogen-bond donors (Lipinski definition) is 0. The van der Waals surface area contributed by atoms with Crippen molar-refractivity contribution in [2.24, 2.45) is 0 Å². The lowest BCUT2D eigenvalue weighted by molar-refractivity contribution is -0.384. The number of aromatic nitrogens is 2. The van der Waals surface area contributed by atoms with Gasteiger partial charge in [-0.15, -0.1) is 0 Å². The number of rotatable bonds is 3. The fourth-order valence-electron chi connectivity index (χ4n) is 2.79. The third-order valence-corrected chi connectivity index (χ3v) is 4.10. The average Bonchev–Trinajstić information content (AvgIpc) is 2.99. The minimum absolute atomic E-state index is 0.119. The number of carbonyl (C=O) groups excluding carboxylic acids is 1. The molecule has 0 N–H and O–H groups in total. The first-order valence-electron chi connectivity index (χ1n) is 8.75. The van der Waals surface area contributed by atoms with Crippen LogP contribution in [0.4, 0.5) is 16.2 Å². The molecule has 3 aromatic rings.